The SMILES string of the molecule is CCCn1cncc1C(CN)N(C)C(C)Cc1cccs1. The minimum Gasteiger partial charge on any atom is -0.333 e. The molecule has 0 saturated heterocycles. The summed E-state index contributed by atoms with van der Waals surface area (Å²) in [5, 5.41) is 2.14. The molecule has 0 aromatic carbocycles. The number of aryl methyl sites for hydroxylation is 1. The zero-order chi connectivity index (χ0) is 15.2. The summed E-state index contributed by atoms with van der Waals surface area (Å²) in [6, 6.07) is 4.98. The van der Waals surface area contributed by atoms with Gasteiger partial charge in [-0.2, -0.15) is 0 Å². The highest BCUT2D eigenvalue weighted by Gasteiger charge is 2.23. The van der Waals surface area contributed by atoms with Crippen LogP contribution in [0.2, 0.25) is 0 Å². The number of hydrogen-bond acceptors (Lipinski definition) is 4. The molecule has 0 radical (unpaired) electrons. The Hall–Kier alpha value is -1.17. The molecule has 116 valence electrons. The summed E-state index contributed by atoms with van der Waals surface area (Å²) in [6.45, 7) is 6.06. The van der Waals surface area contributed by atoms with E-state index in [1.165, 1.54) is 10.6 Å². The van der Waals surface area contributed by atoms with Crippen LogP contribution in [0.3, 0.4) is 0 Å². The number of nitrogens with two attached hydrogens (primary N) is 1. The van der Waals surface area contributed by atoms with E-state index >= 15 is 0 Å². The third-order valence-corrected chi connectivity index (χ3v) is 4.94. The van der Waals surface area contributed by atoms with Crippen molar-refractivity contribution in [1.29, 1.82) is 0 Å². The van der Waals surface area contributed by atoms with Crippen LogP contribution in [0.5, 0.6) is 0 Å². The Labute approximate surface area is 131 Å². The lowest BCUT2D eigenvalue weighted by molar-refractivity contribution is 0.181. The van der Waals surface area contributed by atoms with Crippen molar-refractivity contribution >= 4 is 11.3 Å². The zero-order valence-electron chi connectivity index (χ0n) is 13.2. The predicted octanol–water partition coefficient (Wildman–Crippen LogP) is 2.92. The zero-order valence-corrected chi connectivity index (χ0v) is 14.0. The first-order valence-electron chi connectivity index (χ1n) is 7.61. The van der Waals surface area contributed by atoms with Crippen molar-refractivity contribution in [2.24, 2.45) is 5.73 Å². The first-order valence-corrected chi connectivity index (χ1v) is 8.49. The molecule has 0 bridgehead atoms. The van der Waals surface area contributed by atoms with Crippen molar-refractivity contribution < 1.29 is 0 Å². The highest BCUT2D eigenvalue weighted by Crippen LogP contribution is 2.23. The topological polar surface area (TPSA) is 47.1 Å². The van der Waals surface area contributed by atoms with Crippen LogP contribution in [0.25, 0.3) is 0 Å². The second kappa shape index (κ2) is 7.73. The summed E-state index contributed by atoms with van der Waals surface area (Å²) >= 11 is 1.82. The highest BCUT2D eigenvalue weighted by atomic mass is 32.1. The second-order valence-electron chi connectivity index (χ2n) is 5.56. The summed E-state index contributed by atoms with van der Waals surface area (Å²) < 4.78 is 2.23. The van der Waals surface area contributed by atoms with Crippen LogP contribution in [-0.4, -0.2) is 34.1 Å². The molecule has 0 amide bonds. The van der Waals surface area contributed by atoms with Gasteiger partial charge in [-0.1, -0.05) is 13.0 Å². The molecule has 2 aromatic heterocycles. The van der Waals surface area contributed by atoms with Gasteiger partial charge in [-0.25, -0.2) is 4.98 Å². The molecule has 0 aliphatic carbocycles. The van der Waals surface area contributed by atoms with Crippen molar-refractivity contribution in [3.8, 4) is 0 Å². The Morgan fingerprint density at radius 3 is 2.90 bits per heavy atom. The Morgan fingerprint density at radius 1 is 1.48 bits per heavy atom. The van der Waals surface area contributed by atoms with Crippen LogP contribution in [0, 0.1) is 0 Å². The summed E-state index contributed by atoms with van der Waals surface area (Å²) in [6.07, 6.45) is 6.04. The van der Waals surface area contributed by atoms with Crippen molar-refractivity contribution in [3.63, 3.8) is 0 Å². The average molecular weight is 306 g/mol. The smallest absolute Gasteiger partial charge is 0.0948 e. The summed E-state index contributed by atoms with van der Waals surface area (Å²) in [5.41, 5.74) is 7.28. The van der Waals surface area contributed by atoms with Gasteiger partial charge in [-0.3, -0.25) is 4.90 Å². The molecular weight excluding hydrogens is 280 g/mol. The number of thiophene rings is 1. The van der Waals surface area contributed by atoms with E-state index < -0.39 is 0 Å². The molecule has 5 heteroatoms. The third kappa shape index (κ3) is 3.93. The lowest BCUT2D eigenvalue weighted by Gasteiger charge is -2.32. The predicted molar refractivity (Wildman–Crippen MR) is 89.6 cm³/mol. The summed E-state index contributed by atoms with van der Waals surface area (Å²) in [5.74, 6) is 0. The van der Waals surface area contributed by atoms with Crippen LogP contribution in [0.1, 0.15) is 36.9 Å². The van der Waals surface area contributed by atoms with Gasteiger partial charge in [-0.05, 0) is 38.3 Å². The van der Waals surface area contributed by atoms with Gasteiger partial charge in [0.15, 0.2) is 0 Å². The number of rotatable bonds is 8. The fourth-order valence-corrected chi connectivity index (χ4v) is 3.53. The Balaban J connectivity index is 2.10. The van der Waals surface area contributed by atoms with E-state index in [4.69, 9.17) is 5.73 Å². The fraction of sp³-hybridized carbons (Fsp3) is 0.562. The number of hydrogen-bond donors (Lipinski definition) is 1. The van der Waals surface area contributed by atoms with Crippen LogP contribution in [0.4, 0.5) is 0 Å². The van der Waals surface area contributed by atoms with E-state index in [-0.39, 0.29) is 6.04 Å². The van der Waals surface area contributed by atoms with Gasteiger partial charge in [-0.15, -0.1) is 11.3 Å². The molecule has 2 aromatic rings. The lowest BCUT2D eigenvalue weighted by atomic mass is 10.1. The number of likely N-dealkylation sites (N-methyl/N-ethyl adjacent to an activating group) is 1. The van der Waals surface area contributed by atoms with Crippen LogP contribution in [-0.2, 0) is 13.0 Å². The van der Waals surface area contributed by atoms with E-state index in [1.807, 2.05) is 23.9 Å². The molecule has 0 aliphatic heterocycles. The first kappa shape index (κ1) is 16.2. The molecule has 2 unspecified atom stereocenters. The van der Waals surface area contributed by atoms with E-state index in [9.17, 15) is 0 Å². The molecule has 2 atom stereocenters. The molecule has 0 fully saturated rings. The van der Waals surface area contributed by atoms with E-state index in [2.05, 4.69) is 52.9 Å². The lowest BCUT2D eigenvalue weighted by Crippen LogP contribution is -2.39. The summed E-state index contributed by atoms with van der Waals surface area (Å²) in [7, 11) is 2.17. The minimum absolute atomic E-state index is 0.217. The van der Waals surface area contributed by atoms with E-state index in [1.54, 1.807) is 0 Å². The maximum absolute atomic E-state index is 6.06. The molecular formula is C16H26N4S. The average Bonchev–Trinajstić information content (AvgIpc) is 3.12. The Bertz CT molecular complexity index is 520. The molecule has 0 saturated carbocycles. The van der Waals surface area contributed by atoms with Gasteiger partial charge in [0.25, 0.3) is 0 Å². The van der Waals surface area contributed by atoms with Crippen molar-refractivity contribution in [1.82, 2.24) is 14.5 Å². The van der Waals surface area contributed by atoms with Gasteiger partial charge < -0.3 is 10.3 Å². The van der Waals surface area contributed by atoms with Gasteiger partial charge in [0.1, 0.15) is 0 Å². The maximum atomic E-state index is 6.06. The van der Waals surface area contributed by atoms with Crippen molar-refractivity contribution in [3.05, 3.63) is 40.6 Å². The fourth-order valence-electron chi connectivity index (χ4n) is 2.70. The summed E-state index contributed by atoms with van der Waals surface area (Å²) in [4.78, 5) is 8.11. The van der Waals surface area contributed by atoms with Gasteiger partial charge in [0.05, 0.1) is 18.1 Å². The van der Waals surface area contributed by atoms with Crippen molar-refractivity contribution in [2.75, 3.05) is 13.6 Å². The van der Waals surface area contributed by atoms with Gasteiger partial charge in [0, 0.05) is 30.2 Å². The third-order valence-electron chi connectivity index (χ3n) is 4.04. The molecule has 4 nitrogen and oxygen atoms in total. The molecule has 0 spiro atoms. The van der Waals surface area contributed by atoms with E-state index in [0.717, 1.165) is 19.4 Å². The van der Waals surface area contributed by atoms with Gasteiger partial charge in [0.2, 0.25) is 0 Å². The number of nitrogens with zero attached hydrogens (tertiary/aromatic N) is 3. The van der Waals surface area contributed by atoms with Crippen LogP contribution in [0.15, 0.2) is 30.0 Å². The Kier molecular flexibility index (Phi) is 5.96. The highest BCUT2D eigenvalue weighted by molar-refractivity contribution is 7.09. The quantitative estimate of drug-likeness (QED) is 0.815. The molecule has 0 aliphatic rings. The monoisotopic (exact) mass is 306 g/mol. The van der Waals surface area contributed by atoms with Crippen LogP contribution >= 0.6 is 11.3 Å². The standard InChI is InChI=1S/C16H26N4S/c1-4-7-20-12-18-11-16(20)15(10-17)19(3)13(2)9-14-6-5-8-21-14/h5-6,8,11-13,15H,4,7,9-10,17H2,1-3H3. The first-order chi connectivity index (χ1) is 10.2. The molecule has 21 heavy (non-hydrogen) atoms. The molecule has 2 rings (SSSR count). The number of aromatic nitrogens is 2. The maximum Gasteiger partial charge on any atom is 0.0948 e. The van der Waals surface area contributed by atoms with Crippen molar-refractivity contribution in [2.45, 2.75) is 45.3 Å². The minimum atomic E-state index is 0.217. The van der Waals surface area contributed by atoms with Crippen LogP contribution < -0.4 is 5.73 Å². The van der Waals surface area contributed by atoms with Gasteiger partial charge >= 0.3 is 0 Å². The molecule has 2 N–H and O–H groups in total. The Morgan fingerprint density at radius 2 is 2.29 bits per heavy atom. The number of imidazole rings is 1. The molecule has 2 heterocycles. The van der Waals surface area contributed by atoms with E-state index in [0.29, 0.717) is 12.6 Å². The second-order valence-corrected chi connectivity index (χ2v) is 6.59. The largest absolute Gasteiger partial charge is 0.333 e. The normalized spacial score (nSPS) is 14.5.